The number of fused-ring (bicyclic) bond motifs is 3. The molecule has 2 amide bonds. The van der Waals surface area contributed by atoms with Crippen molar-refractivity contribution in [1.29, 1.82) is 0 Å². The van der Waals surface area contributed by atoms with Crippen molar-refractivity contribution in [3.63, 3.8) is 0 Å². The second-order valence-corrected chi connectivity index (χ2v) is 9.96. The number of morpholine rings is 1. The maximum atomic E-state index is 14.8. The molecule has 0 bridgehead atoms. The summed E-state index contributed by atoms with van der Waals surface area (Å²) in [5.74, 6) is -1.96. The summed E-state index contributed by atoms with van der Waals surface area (Å²) >= 11 is 0. The molecule has 6 rings (SSSR count). The average molecular weight is 554 g/mol. The third-order valence-electron chi connectivity index (χ3n) is 7.39. The summed E-state index contributed by atoms with van der Waals surface area (Å²) in [5, 5.41) is 12.5. The smallest absolute Gasteiger partial charge is 0.408 e. The van der Waals surface area contributed by atoms with Crippen LogP contribution in [0.2, 0.25) is 0 Å². The lowest BCUT2D eigenvalue weighted by atomic mass is 9.96. The quantitative estimate of drug-likeness (QED) is 0.318. The first kappa shape index (κ1) is 25.7. The summed E-state index contributed by atoms with van der Waals surface area (Å²) in [6.07, 6.45) is 0.326. The van der Waals surface area contributed by atoms with Gasteiger partial charge in [0.15, 0.2) is 11.1 Å². The highest BCUT2D eigenvalue weighted by molar-refractivity contribution is 6.04. The van der Waals surface area contributed by atoms with Crippen LogP contribution >= 0.6 is 0 Å². The zero-order valence-corrected chi connectivity index (χ0v) is 21.4. The number of carbonyl (C=O) groups is 2. The van der Waals surface area contributed by atoms with Gasteiger partial charge in [-0.2, -0.15) is 0 Å². The van der Waals surface area contributed by atoms with E-state index in [0.29, 0.717) is 22.0 Å². The normalized spacial score (nSPS) is 17.5. The number of hydrogen-bond acceptors (Lipinski definition) is 7. The molecule has 40 heavy (non-hydrogen) atoms. The number of aromatic nitrogens is 2. The Balaban J connectivity index is 1.41. The minimum Gasteiger partial charge on any atom is -0.465 e. The van der Waals surface area contributed by atoms with Gasteiger partial charge >= 0.3 is 6.09 Å². The molecule has 2 aromatic carbocycles. The fourth-order valence-corrected chi connectivity index (χ4v) is 5.25. The van der Waals surface area contributed by atoms with Gasteiger partial charge in [0, 0.05) is 29.6 Å². The van der Waals surface area contributed by atoms with Crippen molar-refractivity contribution >= 4 is 39.7 Å². The van der Waals surface area contributed by atoms with Crippen molar-refractivity contribution < 1.29 is 32.6 Å². The molecule has 1 saturated carbocycles. The second kappa shape index (κ2) is 9.59. The first-order chi connectivity index (χ1) is 19.2. The van der Waals surface area contributed by atoms with Gasteiger partial charge in [0.25, 0.3) is 5.56 Å². The van der Waals surface area contributed by atoms with E-state index in [2.05, 4.69) is 10.3 Å². The van der Waals surface area contributed by atoms with E-state index in [9.17, 15) is 28.3 Å². The Labute approximate surface area is 225 Å². The number of amides is 2. The Morgan fingerprint density at radius 1 is 1.20 bits per heavy atom. The number of oxazole rings is 1. The molecule has 1 aliphatic carbocycles. The van der Waals surface area contributed by atoms with Crippen LogP contribution in [0.4, 0.5) is 19.3 Å². The van der Waals surface area contributed by atoms with E-state index in [1.807, 2.05) is 0 Å². The summed E-state index contributed by atoms with van der Waals surface area (Å²) in [7, 11) is 0. The van der Waals surface area contributed by atoms with Gasteiger partial charge in [-0.3, -0.25) is 14.5 Å². The van der Waals surface area contributed by atoms with Crippen molar-refractivity contribution in [3.8, 4) is 11.1 Å². The Morgan fingerprint density at radius 3 is 2.70 bits per heavy atom. The van der Waals surface area contributed by atoms with E-state index in [1.54, 1.807) is 23.6 Å². The third kappa shape index (κ3) is 4.22. The highest BCUT2D eigenvalue weighted by Gasteiger charge is 2.33. The Morgan fingerprint density at radius 2 is 1.98 bits per heavy atom. The molecular formula is C27H25F2N5O6. The monoisotopic (exact) mass is 553 g/mol. The minimum absolute atomic E-state index is 0.0176. The maximum absolute atomic E-state index is 14.8. The second-order valence-electron chi connectivity index (χ2n) is 9.96. The van der Waals surface area contributed by atoms with E-state index in [0.717, 1.165) is 29.9 Å². The first-order valence-corrected chi connectivity index (χ1v) is 12.7. The molecule has 0 spiro atoms. The van der Waals surface area contributed by atoms with Gasteiger partial charge in [-0.05, 0) is 43.0 Å². The summed E-state index contributed by atoms with van der Waals surface area (Å²) in [4.78, 5) is 43.2. The fraction of sp³-hybridized carbons (Fsp3) is 0.333. The number of halogens is 2. The highest BCUT2D eigenvalue weighted by Crippen LogP contribution is 2.41. The lowest BCUT2D eigenvalue weighted by molar-refractivity contribution is -0.131. The molecule has 2 aliphatic rings. The van der Waals surface area contributed by atoms with Gasteiger partial charge in [0.1, 0.15) is 17.7 Å². The van der Waals surface area contributed by atoms with Crippen molar-refractivity contribution in [2.75, 3.05) is 25.5 Å². The molecule has 0 unspecified atom stereocenters. The van der Waals surface area contributed by atoms with Gasteiger partial charge in [-0.15, -0.1) is 0 Å². The van der Waals surface area contributed by atoms with Gasteiger partial charge < -0.3 is 29.9 Å². The summed E-state index contributed by atoms with van der Waals surface area (Å²) in [6, 6.07) is 4.16. The predicted octanol–water partition coefficient (Wildman–Crippen LogP) is 3.31. The minimum atomic E-state index is -1.23. The molecule has 2 aromatic heterocycles. The van der Waals surface area contributed by atoms with Crippen LogP contribution in [0.15, 0.2) is 33.5 Å². The Bertz CT molecular complexity index is 1760. The molecule has 1 aliphatic heterocycles. The topological polar surface area (TPSA) is 153 Å². The van der Waals surface area contributed by atoms with E-state index in [4.69, 9.17) is 14.9 Å². The summed E-state index contributed by atoms with van der Waals surface area (Å²) in [5.41, 5.74) is 6.61. The molecule has 1 atom stereocenters. The van der Waals surface area contributed by atoms with Crippen molar-refractivity contribution in [2.45, 2.75) is 38.4 Å². The standard InChI is InChI=1S/C27H25F2N5O6/c1-12-14(16-8-18(29)19(30)9-17(16)28)4-5-15-23(12)34(13-2-3-13)26(36)22-24(15)40-21(32-22)10-31-25(35)20-11-39-7-6-33(20)27(37)38/h4-5,8-9,13,20H,2-3,6-7,10-11,30H2,1H3,(H,31,35)(H,37,38)/t20-/m0/s1. The van der Waals surface area contributed by atoms with Crippen LogP contribution < -0.4 is 16.6 Å². The van der Waals surface area contributed by atoms with E-state index in [1.165, 1.54) is 0 Å². The van der Waals surface area contributed by atoms with Crippen LogP contribution in [0.3, 0.4) is 0 Å². The lowest BCUT2D eigenvalue weighted by Gasteiger charge is -2.32. The molecule has 4 aromatic rings. The molecule has 0 radical (unpaired) electrons. The number of rotatable bonds is 5. The molecule has 13 heteroatoms. The van der Waals surface area contributed by atoms with E-state index < -0.39 is 35.2 Å². The number of nitrogens with zero attached hydrogens (tertiary/aromatic N) is 3. The van der Waals surface area contributed by atoms with Crippen LogP contribution in [-0.4, -0.2) is 57.4 Å². The van der Waals surface area contributed by atoms with Gasteiger partial charge in [-0.25, -0.2) is 18.6 Å². The van der Waals surface area contributed by atoms with Crippen LogP contribution in [0, 0.1) is 18.6 Å². The fourth-order valence-electron chi connectivity index (χ4n) is 5.25. The molecule has 4 N–H and O–H groups in total. The van der Waals surface area contributed by atoms with Crippen LogP contribution in [0.5, 0.6) is 0 Å². The number of aryl methyl sites for hydroxylation is 1. The molecular weight excluding hydrogens is 528 g/mol. The highest BCUT2D eigenvalue weighted by atomic mass is 19.1. The van der Waals surface area contributed by atoms with Crippen molar-refractivity contribution in [3.05, 3.63) is 57.7 Å². The number of benzene rings is 2. The van der Waals surface area contributed by atoms with Gasteiger partial charge in [0.05, 0.1) is 31.0 Å². The maximum Gasteiger partial charge on any atom is 0.408 e. The number of carboxylic acid groups (broad SMARTS) is 1. The molecule has 2 fully saturated rings. The van der Waals surface area contributed by atoms with Crippen LogP contribution in [0.1, 0.15) is 30.3 Å². The summed E-state index contributed by atoms with van der Waals surface area (Å²) in [6.45, 7) is 1.73. The Hall–Kier alpha value is -4.52. The third-order valence-corrected chi connectivity index (χ3v) is 7.39. The van der Waals surface area contributed by atoms with Gasteiger partial charge in [-0.1, -0.05) is 6.07 Å². The van der Waals surface area contributed by atoms with E-state index >= 15 is 0 Å². The molecule has 208 valence electrons. The number of pyridine rings is 1. The average Bonchev–Trinajstić information content (AvgIpc) is 3.67. The predicted molar refractivity (Wildman–Crippen MR) is 140 cm³/mol. The number of ether oxygens (including phenoxy) is 1. The van der Waals surface area contributed by atoms with Crippen molar-refractivity contribution in [2.24, 2.45) is 0 Å². The SMILES string of the molecule is Cc1c(-c2cc(F)c(N)cc2F)ccc2c3oc(CNC(=O)[C@@H]4COCCN4C(=O)O)nc3c(=O)n(C3CC3)c12. The molecule has 3 heterocycles. The van der Waals surface area contributed by atoms with Crippen molar-refractivity contribution in [1.82, 2.24) is 19.8 Å². The summed E-state index contributed by atoms with van der Waals surface area (Å²) < 4.78 is 41.9. The lowest BCUT2D eigenvalue weighted by Crippen LogP contribution is -2.55. The largest absolute Gasteiger partial charge is 0.465 e. The van der Waals surface area contributed by atoms with Crippen LogP contribution in [-0.2, 0) is 16.1 Å². The zero-order chi connectivity index (χ0) is 28.3. The molecule has 11 nitrogen and oxygen atoms in total. The molecule has 1 saturated heterocycles. The van der Waals surface area contributed by atoms with Gasteiger partial charge in [0.2, 0.25) is 11.8 Å². The Kier molecular flexibility index (Phi) is 6.17. The number of nitrogens with two attached hydrogens (primary N) is 1. The number of nitrogen functional groups attached to an aromatic ring is 1. The number of carbonyl (C=O) groups excluding carboxylic acids is 1. The number of nitrogens with one attached hydrogen (secondary N) is 1. The van der Waals surface area contributed by atoms with Crippen LogP contribution in [0.25, 0.3) is 33.1 Å². The first-order valence-electron chi connectivity index (χ1n) is 12.7. The zero-order valence-electron chi connectivity index (χ0n) is 21.4. The van der Waals surface area contributed by atoms with E-state index in [-0.39, 0.29) is 60.6 Å². The number of anilines is 1. The number of hydrogen-bond donors (Lipinski definition) is 3.